The third-order valence-electron chi connectivity index (χ3n) is 8.09. The average Bonchev–Trinajstić information content (AvgIpc) is 3.12. The summed E-state index contributed by atoms with van der Waals surface area (Å²) in [5.41, 5.74) is 0.0302. The molecule has 0 unspecified atom stereocenters. The van der Waals surface area contributed by atoms with E-state index < -0.39 is 11.7 Å². The quantitative estimate of drug-likeness (QED) is 0.644. The Bertz CT molecular complexity index is 830. The van der Waals surface area contributed by atoms with Gasteiger partial charge in [-0.3, -0.25) is 4.79 Å². The second kappa shape index (κ2) is 8.10. The largest absolute Gasteiger partial charge is 0.393 e. The van der Waals surface area contributed by atoms with Crippen LogP contribution in [0.15, 0.2) is 6.07 Å². The van der Waals surface area contributed by atoms with Crippen molar-refractivity contribution in [3.63, 3.8) is 0 Å². The Labute approximate surface area is 189 Å². The number of aryl methyl sites for hydroxylation is 1. The van der Waals surface area contributed by atoms with Crippen molar-refractivity contribution in [1.29, 1.82) is 0 Å². The summed E-state index contributed by atoms with van der Waals surface area (Å²) in [5.74, 6) is 0.293. The maximum absolute atomic E-state index is 12.2. The van der Waals surface area contributed by atoms with E-state index in [0.717, 1.165) is 58.2 Å². The van der Waals surface area contributed by atoms with Crippen molar-refractivity contribution in [3.8, 4) is 0 Å². The molecule has 4 aliphatic rings. The molecule has 0 bridgehead atoms. The molecule has 172 valence electrons. The lowest BCUT2D eigenvalue weighted by Gasteiger charge is -2.49. The van der Waals surface area contributed by atoms with Gasteiger partial charge in [0.2, 0.25) is 0 Å². The molecule has 5 rings (SSSR count). The number of ether oxygens (including phenoxy) is 1. The maximum atomic E-state index is 12.2. The Balaban J connectivity index is 1.12. The van der Waals surface area contributed by atoms with Crippen LogP contribution in [0.2, 0.25) is 0 Å². The van der Waals surface area contributed by atoms with Crippen LogP contribution in [-0.4, -0.2) is 64.5 Å². The summed E-state index contributed by atoms with van der Waals surface area (Å²) >= 11 is 1.98. The SMILES string of the molecule is CCc1cc2c(s1)CCO[C@@]21CCN(CC2CC(NC(=O)C3(O)CC(O)C3)C2)[C@@H](C)C1. The van der Waals surface area contributed by atoms with E-state index in [1.807, 2.05) is 11.3 Å². The Kier molecular flexibility index (Phi) is 5.70. The molecule has 7 heteroatoms. The van der Waals surface area contributed by atoms with Crippen LogP contribution in [-0.2, 0) is 28.0 Å². The molecular weight excluding hydrogens is 412 g/mol. The van der Waals surface area contributed by atoms with E-state index >= 15 is 0 Å². The highest BCUT2D eigenvalue weighted by Crippen LogP contribution is 2.46. The molecular formula is C24H36N2O4S. The predicted molar refractivity (Wildman–Crippen MR) is 120 cm³/mol. The fourth-order valence-electron chi connectivity index (χ4n) is 6.11. The Morgan fingerprint density at radius 1 is 1.35 bits per heavy atom. The molecule has 1 amide bonds. The highest BCUT2D eigenvalue weighted by Gasteiger charge is 2.50. The van der Waals surface area contributed by atoms with Gasteiger partial charge < -0.3 is 25.2 Å². The number of piperidine rings is 1. The molecule has 0 aromatic carbocycles. The maximum Gasteiger partial charge on any atom is 0.252 e. The van der Waals surface area contributed by atoms with Crippen molar-refractivity contribution < 1.29 is 19.7 Å². The standard InChI is InChI=1S/C24H36N2O4S/c1-3-19-10-20-21(31-19)4-7-30-24(20)5-6-26(15(2)11-24)14-16-8-17(9-16)25-22(28)23(29)12-18(27)13-23/h10,15-18,27,29H,3-9,11-14H2,1-2H3,(H,25,28)/t15-,16?,17?,18?,23?,24+/m0/s1. The highest BCUT2D eigenvalue weighted by atomic mass is 32.1. The number of fused-ring (bicyclic) bond motifs is 2. The van der Waals surface area contributed by atoms with Crippen LogP contribution in [0.25, 0.3) is 0 Å². The predicted octanol–water partition coefficient (Wildman–Crippen LogP) is 2.34. The minimum absolute atomic E-state index is 0.0909. The van der Waals surface area contributed by atoms with E-state index in [1.54, 1.807) is 4.88 Å². The number of carbonyl (C=O) groups is 1. The number of nitrogens with one attached hydrogen (secondary N) is 1. The van der Waals surface area contributed by atoms with Crippen LogP contribution in [0.1, 0.15) is 67.7 Å². The summed E-state index contributed by atoms with van der Waals surface area (Å²) in [6.07, 6.45) is 6.02. The van der Waals surface area contributed by atoms with Crippen LogP contribution in [0.3, 0.4) is 0 Å². The van der Waals surface area contributed by atoms with Gasteiger partial charge in [0.25, 0.3) is 5.91 Å². The lowest BCUT2D eigenvalue weighted by molar-refractivity contribution is -0.165. The summed E-state index contributed by atoms with van der Waals surface area (Å²) in [5, 5.41) is 22.6. The van der Waals surface area contributed by atoms with E-state index in [9.17, 15) is 15.0 Å². The number of aliphatic hydroxyl groups is 2. The number of nitrogens with zero attached hydrogens (tertiary/aromatic N) is 1. The Hall–Kier alpha value is -0.990. The number of hydrogen-bond acceptors (Lipinski definition) is 6. The first-order valence-corrected chi connectivity index (χ1v) is 12.8. The van der Waals surface area contributed by atoms with E-state index in [4.69, 9.17) is 4.74 Å². The second-order valence-electron chi connectivity index (χ2n) is 10.4. The van der Waals surface area contributed by atoms with Crippen molar-refractivity contribution in [2.45, 2.75) is 94.6 Å². The van der Waals surface area contributed by atoms with Crippen molar-refractivity contribution in [1.82, 2.24) is 10.2 Å². The average molecular weight is 449 g/mol. The molecule has 3 fully saturated rings. The number of aliphatic hydroxyl groups excluding tert-OH is 1. The third-order valence-corrected chi connectivity index (χ3v) is 9.43. The van der Waals surface area contributed by atoms with Crippen LogP contribution >= 0.6 is 11.3 Å². The molecule has 1 aromatic rings. The number of rotatable bonds is 5. The van der Waals surface area contributed by atoms with Crippen molar-refractivity contribution in [2.24, 2.45) is 5.92 Å². The van der Waals surface area contributed by atoms with Gasteiger partial charge in [-0.2, -0.15) is 0 Å². The summed E-state index contributed by atoms with van der Waals surface area (Å²) in [6.45, 7) is 7.55. The smallest absolute Gasteiger partial charge is 0.252 e. The molecule has 6 nitrogen and oxygen atoms in total. The molecule has 2 atom stereocenters. The molecule has 3 N–H and O–H groups in total. The van der Waals surface area contributed by atoms with E-state index in [2.05, 4.69) is 30.1 Å². The summed E-state index contributed by atoms with van der Waals surface area (Å²) in [4.78, 5) is 17.9. The normalized spacial score (nSPS) is 40.1. The van der Waals surface area contributed by atoms with Gasteiger partial charge in [0, 0.05) is 54.2 Å². The summed E-state index contributed by atoms with van der Waals surface area (Å²) in [7, 11) is 0. The monoisotopic (exact) mass is 448 g/mol. The molecule has 1 spiro atoms. The van der Waals surface area contributed by atoms with E-state index in [-0.39, 0.29) is 30.4 Å². The first kappa shape index (κ1) is 21.8. The molecule has 31 heavy (non-hydrogen) atoms. The fraction of sp³-hybridized carbons (Fsp3) is 0.792. The van der Waals surface area contributed by atoms with Crippen LogP contribution < -0.4 is 5.32 Å². The zero-order valence-corrected chi connectivity index (χ0v) is 19.5. The molecule has 2 aliphatic carbocycles. The van der Waals surface area contributed by atoms with Crippen molar-refractivity contribution in [2.75, 3.05) is 19.7 Å². The highest BCUT2D eigenvalue weighted by molar-refractivity contribution is 7.12. The van der Waals surface area contributed by atoms with Gasteiger partial charge in [-0.15, -0.1) is 11.3 Å². The molecule has 2 saturated carbocycles. The van der Waals surface area contributed by atoms with Gasteiger partial charge in [-0.05, 0) is 56.6 Å². The minimum atomic E-state index is -1.35. The third kappa shape index (κ3) is 3.97. The van der Waals surface area contributed by atoms with Gasteiger partial charge in [-0.25, -0.2) is 0 Å². The molecule has 2 aliphatic heterocycles. The molecule has 0 radical (unpaired) electrons. The van der Waals surface area contributed by atoms with Gasteiger partial charge in [0.05, 0.1) is 18.3 Å². The lowest BCUT2D eigenvalue weighted by Crippen LogP contribution is -2.61. The first-order chi connectivity index (χ1) is 14.8. The number of carbonyl (C=O) groups excluding carboxylic acids is 1. The van der Waals surface area contributed by atoms with Gasteiger partial charge in [0.15, 0.2) is 0 Å². The van der Waals surface area contributed by atoms with Crippen molar-refractivity contribution >= 4 is 17.2 Å². The Morgan fingerprint density at radius 2 is 2.13 bits per heavy atom. The number of amides is 1. The van der Waals surface area contributed by atoms with Crippen molar-refractivity contribution in [3.05, 3.63) is 21.4 Å². The lowest BCUT2D eigenvalue weighted by atomic mass is 9.74. The molecule has 1 saturated heterocycles. The second-order valence-corrected chi connectivity index (χ2v) is 11.6. The van der Waals surface area contributed by atoms with Gasteiger partial charge in [-0.1, -0.05) is 6.92 Å². The van der Waals surface area contributed by atoms with E-state index in [1.165, 1.54) is 10.4 Å². The molecule has 1 aromatic heterocycles. The molecule has 3 heterocycles. The number of hydrogen-bond donors (Lipinski definition) is 3. The van der Waals surface area contributed by atoms with Crippen LogP contribution in [0.5, 0.6) is 0 Å². The van der Waals surface area contributed by atoms with Gasteiger partial charge in [0.1, 0.15) is 5.60 Å². The first-order valence-electron chi connectivity index (χ1n) is 12.0. The fourth-order valence-corrected chi connectivity index (χ4v) is 7.28. The number of thiophene rings is 1. The summed E-state index contributed by atoms with van der Waals surface area (Å²) < 4.78 is 6.46. The van der Waals surface area contributed by atoms with E-state index in [0.29, 0.717) is 12.0 Å². The summed E-state index contributed by atoms with van der Waals surface area (Å²) in [6, 6.07) is 3.05. The topological polar surface area (TPSA) is 82.0 Å². The van der Waals surface area contributed by atoms with Crippen LogP contribution in [0.4, 0.5) is 0 Å². The number of likely N-dealkylation sites (tertiary alicyclic amines) is 1. The van der Waals surface area contributed by atoms with Crippen LogP contribution in [0, 0.1) is 5.92 Å². The zero-order chi connectivity index (χ0) is 21.8. The Morgan fingerprint density at radius 3 is 2.81 bits per heavy atom. The van der Waals surface area contributed by atoms with Gasteiger partial charge >= 0.3 is 0 Å². The zero-order valence-electron chi connectivity index (χ0n) is 18.7. The minimum Gasteiger partial charge on any atom is -0.393 e.